The second-order valence-electron chi connectivity index (χ2n) is 4.93. The third-order valence-electron chi connectivity index (χ3n) is 3.26. The molecule has 0 bridgehead atoms. The van der Waals surface area contributed by atoms with Gasteiger partial charge in [-0.2, -0.15) is 0 Å². The number of thiazole rings is 1. The molecule has 0 amide bonds. The lowest BCUT2D eigenvalue weighted by Gasteiger charge is -2.01. The van der Waals surface area contributed by atoms with Gasteiger partial charge >= 0.3 is 5.97 Å². The van der Waals surface area contributed by atoms with Gasteiger partial charge in [-0.05, 0) is 29.8 Å². The zero-order valence-electron chi connectivity index (χ0n) is 11.0. The molecule has 1 heterocycles. The van der Waals surface area contributed by atoms with Crippen molar-refractivity contribution in [1.82, 2.24) is 4.98 Å². The number of carbonyl (C=O) groups is 1. The second kappa shape index (κ2) is 4.85. The number of aryl methyl sites for hydroxylation is 1. The molecule has 2 aromatic carbocycles. The van der Waals surface area contributed by atoms with E-state index in [2.05, 4.69) is 36.2 Å². The Balaban J connectivity index is 2.06. The summed E-state index contributed by atoms with van der Waals surface area (Å²) in [4.78, 5) is 15.3. The largest absolute Gasteiger partial charge is 0.480 e. The van der Waals surface area contributed by atoms with Gasteiger partial charge < -0.3 is 10.8 Å². The summed E-state index contributed by atoms with van der Waals surface area (Å²) >= 11 is 1.51. The average Bonchev–Trinajstić information content (AvgIpc) is 2.76. The maximum Gasteiger partial charge on any atom is 0.320 e. The van der Waals surface area contributed by atoms with Gasteiger partial charge in [0, 0.05) is 6.42 Å². The van der Waals surface area contributed by atoms with Crippen LogP contribution in [-0.2, 0) is 11.2 Å². The highest BCUT2D eigenvalue weighted by atomic mass is 32.1. The van der Waals surface area contributed by atoms with Crippen LogP contribution in [0.3, 0.4) is 0 Å². The van der Waals surface area contributed by atoms with Gasteiger partial charge in [0.15, 0.2) is 0 Å². The van der Waals surface area contributed by atoms with Crippen LogP contribution in [0.15, 0.2) is 30.3 Å². The first-order valence-corrected chi connectivity index (χ1v) is 7.13. The summed E-state index contributed by atoms with van der Waals surface area (Å²) < 4.78 is 1.06. The number of carboxylic acids is 1. The molecule has 4 nitrogen and oxygen atoms in total. The Morgan fingerprint density at radius 3 is 2.90 bits per heavy atom. The number of aliphatic carboxylic acids is 1. The van der Waals surface area contributed by atoms with Crippen molar-refractivity contribution in [2.75, 3.05) is 0 Å². The molecule has 5 heteroatoms. The summed E-state index contributed by atoms with van der Waals surface area (Å²) in [6.45, 7) is 2.06. The van der Waals surface area contributed by atoms with Gasteiger partial charge in [-0.3, -0.25) is 4.79 Å². The summed E-state index contributed by atoms with van der Waals surface area (Å²) in [5.74, 6) is -0.995. The van der Waals surface area contributed by atoms with Crippen molar-refractivity contribution in [2.24, 2.45) is 5.73 Å². The van der Waals surface area contributed by atoms with Crippen molar-refractivity contribution >= 4 is 38.3 Å². The quantitative estimate of drug-likeness (QED) is 0.776. The van der Waals surface area contributed by atoms with E-state index in [0.717, 1.165) is 20.6 Å². The number of nitrogens with two attached hydrogens (primary N) is 1. The van der Waals surface area contributed by atoms with Gasteiger partial charge in [-0.15, -0.1) is 11.3 Å². The lowest BCUT2D eigenvalue weighted by molar-refractivity contribution is -0.138. The molecule has 3 N–H and O–H groups in total. The first-order chi connectivity index (χ1) is 9.52. The highest BCUT2D eigenvalue weighted by Gasteiger charge is 2.15. The molecule has 0 unspecified atom stereocenters. The van der Waals surface area contributed by atoms with Gasteiger partial charge in [0.25, 0.3) is 0 Å². The van der Waals surface area contributed by atoms with Crippen LogP contribution in [0.25, 0.3) is 21.0 Å². The number of aromatic nitrogens is 1. The second-order valence-corrected chi connectivity index (χ2v) is 6.04. The van der Waals surface area contributed by atoms with Crippen LogP contribution in [0.1, 0.15) is 10.6 Å². The number of carboxylic acid groups (broad SMARTS) is 1. The Bertz CT molecular complexity index is 810. The Kier molecular flexibility index (Phi) is 3.16. The molecule has 0 aliphatic carbocycles. The van der Waals surface area contributed by atoms with Crippen LogP contribution >= 0.6 is 11.3 Å². The molecule has 1 atom stereocenters. The summed E-state index contributed by atoms with van der Waals surface area (Å²) in [7, 11) is 0. The number of nitrogens with zero attached hydrogens (tertiary/aromatic N) is 1. The Morgan fingerprint density at radius 1 is 1.35 bits per heavy atom. The van der Waals surface area contributed by atoms with Crippen LogP contribution in [0.5, 0.6) is 0 Å². The third kappa shape index (κ3) is 2.37. The van der Waals surface area contributed by atoms with E-state index in [9.17, 15) is 4.79 Å². The van der Waals surface area contributed by atoms with E-state index in [0.29, 0.717) is 0 Å². The first kappa shape index (κ1) is 13.0. The van der Waals surface area contributed by atoms with Crippen molar-refractivity contribution in [3.63, 3.8) is 0 Å². The lowest BCUT2D eigenvalue weighted by Crippen LogP contribution is -2.32. The monoisotopic (exact) mass is 286 g/mol. The van der Waals surface area contributed by atoms with Crippen LogP contribution in [0.4, 0.5) is 0 Å². The van der Waals surface area contributed by atoms with Gasteiger partial charge in [0.1, 0.15) is 6.04 Å². The van der Waals surface area contributed by atoms with E-state index in [1.54, 1.807) is 0 Å². The predicted octanol–water partition coefficient (Wildman–Crippen LogP) is 2.71. The van der Waals surface area contributed by atoms with E-state index in [1.807, 2.05) is 6.07 Å². The van der Waals surface area contributed by atoms with E-state index in [4.69, 9.17) is 10.8 Å². The molecule has 0 saturated heterocycles. The topological polar surface area (TPSA) is 76.2 Å². The van der Waals surface area contributed by atoms with E-state index in [-0.39, 0.29) is 6.42 Å². The molecular weight excluding hydrogens is 272 g/mol. The van der Waals surface area contributed by atoms with Crippen LogP contribution < -0.4 is 5.73 Å². The maximum atomic E-state index is 10.8. The van der Waals surface area contributed by atoms with Gasteiger partial charge in [-0.25, -0.2) is 4.98 Å². The highest BCUT2D eigenvalue weighted by Crippen LogP contribution is 2.28. The van der Waals surface area contributed by atoms with Gasteiger partial charge in [0.05, 0.1) is 15.2 Å². The van der Waals surface area contributed by atoms with Crippen molar-refractivity contribution in [3.05, 3.63) is 40.9 Å². The summed E-state index contributed by atoms with van der Waals surface area (Å²) in [6.07, 6.45) is 0.268. The number of hydrogen-bond acceptors (Lipinski definition) is 4. The van der Waals surface area contributed by atoms with Crippen molar-refractivity contribution in [2.45, 2.75) is 19.4 Å². The molecule has 20 heavy (non-hydrogen) atoms. The molecule has 3 aromatic rings. The fourth-order valence-corrected chi connectivity index (χ4v) is 3.26. The first-order valence-electron chi connectivity index (χ1n) is 6.31. The smallest absolute Gasteiger partial charge is 0.320 e. The molecule has 0 radical (unpaired) electrons. The number of rotatable bonds is 3. The van der Waals surface area contributed by atoms with Crippen LogP contribution in [-0.4, -0.2) is 22.1 Å². The third-order valence-corrected chi connectivity index (χ3v) is 4.30. The predicted molar refractivity (Wildman–Crippen MR) is 81.2 cm³/mol. The molecule has 102 valence electrons. The number of hydrogen-bond donors (Lipinski definition) is 2. The van der Waals surface area contributed by atoms with Crippen molar-refractivity contribution in [1.29, 1.82) is 0 Å². The SMILES string of the molecule is Cc1ccc2cc3sc(C[C@@H](N)C(=O)O)nc3cc2c1. The summed E-state index contributed by atoms with van der Waals surface area (Å²) in [6, 6.07) is 9.54. The minimum absolute atomic E-state index is 0.268. The zero-order chi connectivity index (χ0) is 14.3. The fourth-order valence-electron chi connectivity index (χ4n) is 2.20. The molecule has 0 fully saturated rings. The average molecular weight is 286 g/mol. The van der Waals surface area contributed by atoms with E-state index >= 15 is 0 Å². The minimum Gasteiger partial charge on any atom is -0.480 e. The summed E-state index contributed by atoms with van der Waals surface area (Å²) in [5.41, 5.74) is 7.67. The van der Waals surface area contributed by atoms with Crippen LogP contribution in [0, 0.1) is 6.92 Å². The van der Waals surface area contributed by atoms with Gasteiger partial charge in [-0.1, -0.05) is 23.8 Å². The van der Waals surface area contributed by atoms with Crippen molar-refractivity contribution < 1.29 is 9.90 Å². The molecule has 0 saturated carbocycles. The lowest BCUT2D eigenvalue weighted by atomic mass is 10.1. The number of benzene rings is 2. The molecule has 0 spiro atoms. The maximum absolute atomic E-state index is 10.8. The van der Waals surface area contributed by atoms with E-state index in [1.165, 1.54) is 22.3 Å². The normalized spacial score (nSPS) is 12.9. The van der Waals surface area contributed by atoms with Gasteiger partial charge in [0.2, 0.25) is 0 Å². The zero-order valence-corrected chi connectivity index (χ0v) is 11.8. The highest BCUT2D eigenvalue weighted by molar-refractivity contribution is 7.18. The minimum atomic E-state index is -0.995. The molecule has 3 rings (SSSR count). The molecular formula is C15H14N2O2S. The molecule has 0 aliphatic heterocycles. The Labute approximate surface area is 119 Å². The Morgan fingerprint density at radius 2 is 2.15 bits per heavy atom. The number of fused-ring (bicyclic) bond motifs is 2. The van der Waals surface area contributed by atoms with Crippen molar-refractivity contribution in [3.8, 4) is 0 Å². The fraction of sp³-hybridized carbons (Fsp3) is 0.200. The molecule has 0 aliphatic rings. The van der Waals surface area contributed by atoms with E-state index < -0.39 is 12.0 Å². The standard InChI is InChI=1S/C15H14N2O2S/c1-8-2-3-9-6-13-12(5-10(9)4-8)17-14(20-13)7-11(16)15(18)19/h2-6,11H,7,16H2,1H3,(H,18,19)/t11-/m1/s1. The summed E-state index contributed by atoms with van der Waals surface area (Å²) in [5, 5.41) is 11.9. The van der Waals surface area contributed by atoms with Crippen LogP contribution in [0.2, 0.25) is 0 Å². The molecule has 1 aromatic heterocycles. The Hall–Kier alpha value is -1.98.